The summed E-state index contributed by atoms with van der Waals surface area (Å²) in [5, 5.41) is 6.74. The standard InChI is InChI=1S/C17H25N3O/c1-12-11-15(14-5-3-4-6-16(14)18-12)17(21)19-13-7-9-20(2)10-8-13/h3-6,12-13,15,18H,7-11H2,1-2H3,(H,19,21). The van der Waals surface area contributed by atoms with Crippen LogP contribution in [0, 0.1) is 0 Å². The van der Waals surface area contributed by atoms with Crippen LogP contribution in [0.3, 0.4) is 0 Å². The SMILES string of the molecule is CC1CC(C(=O)NC2CCN(C)CC2)c2ccccc2N1. The molecule has 0 spiro atoms. The van der Waals surface area contributed by atoms with Gasteiger partial charge >= 0.3 is 0 Å². The molecule has 2 unspecified atom stereocenters. The molecule has 0 aliphatic carbocycles. The van der Waals surface area contributed by atoms with E-state index in [1.165, 1.54) is 0 Å². The van der Waals surface area contributed by atoms with Crippen molar-refractivity contribution in [3.8, 4) is 0 Å². The van der Waals surface area contributed by atoms with Gasteiger partial charge in [-0.3, -0.25) is 4.79 Å². The molecule has 21 heavy (non-hydrogen) atoms. The Hall–Kier alpha value is -1.55. The quantitative estimate of drug-likeness (QED) is 0.876. The molecule has 2 aliphatic heterocycles. The molecule has 0 radical (unpaired) electrons. The molecule has 2 atom stereocenters. The third kappa shape index (κ3) is 3.21. The van der Waals surface area contributed by atoms with Crippen LogP contribution in [0.5, 0.6) is 0 Å². The summed E-state index contributed by atoms with van der Waals surface area (Å²) in [6, 6.07) is 8.87. The largest absolute Gasteiger partial charge is 0.382 e. The predicted molar refractivity (Wildman–Crippen MR) is 85.5 cm³/mol. The van der Waals surface area contributed by atoms with Crippen LogP contribution in [0.4, 0.5) is 5.69 Å². The first-order valence-corrected chi connectivity index (χ1v) is 7.98. The Kier molecular flexibility index (Phi) is 4.15. The number of amides is 1. The molecule has 2 N–H and O–H groups in total. The number of benzene rings is 1. The maximum atomic E-state index is 12.7. The molecule has 2 heterocycles. The minimum Gasteiger partial charge on any atom is -0.382 e. The van der Waals surface area contributed by atoms with Crippen LogP contribution in [-0.2, 0) is 4.79 Å². The lowest BCUT2D eigenvalue weighted by Crippen LogP contribution is -2.46. The molecule has 1 fully saturated rings. The van der Waals surface area contributed by atoms with Crippen LogP contribution in [-0.4, -0.2) is 43.0 Å². The van der Waals surface area contributed by atoms with E-state index in [0.29, 0.717) is 12.1 Å². The van der Waals surface area contributed by atoms with E-state index in [0.717, 1.165) is 43.6 Å². The first-order chi connectivity index (χ1) is 10.1. The second kappa shape index (κ2) is 6.06. The minimum atomic E-state index is -0.0166. The topological polar surface area (TPSA) is 44.4 Å². The zero-order valence-corrected chi connectivity index (χ0v) is 12.9. The third-order valence-corrected chi connectivity index (χ3v) is 4.71. The van der Waals surface area contributed by atoms with Crippen molar-refractivity contribution in [2.75, 3.05) is 25.5 Å². The fraction of sp³-hybridized carbons (Fsp3) is 0.588. The van der Waals surface area contributed by atoms with Crippen LogP contribution in [0.15, 0.2) is 24.3 Å². The zero-order chi connectivity index (χ0) is 14.8. The van der Waals surface area contributed by atoms with Gasteiger partial charge in [-0.2, -0.15) is 0 Å². The van der Waals surface area contributed by atoms with Crippen LogP contribution in [0.2, 0.25) is 0 Å². The maximum Gasteiger partial charge on any atom is 0.227 e. The molecular formula is C17H25N3O. The molecule has 1 aromatic rings. The summed E-state index contributed by atoms with van der Waals surface area (Å²) >= 11 is 0. The molecule has 0 aromatic heterocycles. The Morgan fingerprint density at radius 1 is 1.29 bits per heavy atom. The van der Waals surface area contributed by atoms with Crippen LogP contribution in [0.25, 0.3) is 0 Å². The Morgan fingerprint density at radius 3 is 2.76 bits per heavy atom. The second-order valence-corrected chi connectivity index (χ2v) is 6.51. The zero-order valence-electron chi connectivity index (χ0n) is 12.9. The van der Waals surface area contributed by atoms with E-state index in [-0.39, 0.29) is 11.8 Å². The van der Waals surface area contributed by atoms with Crippen molar-refractivity contribution in [2.45, 2.75) is 44.2 Å². The van der Waals surface area contributed by atoms with Crippen molar-refractivity contribution in [3.05, 3.63) is 29.8 Å². The summed E-state index contributed by atoms with van der Waals surface area (Å²) in [6.07, 6.45) is 2.99. The summed E-state index contributed by atoms with van der Waals surface area (Å²) in [6.45, 7) is 4.29. The monoisotopic (exact) mass is 287 g/mol. The van der Waals surface area contributed by atoms with Gasteiger partial charge in [0.1, 0.15) is 0 Å². The van der Waals surface area contributed by atoms with Crippen molar-refractivity contribution < 1.29 is 4.79 Å². The number of carbonyl (C=O) groups is 1. The van der Waals surface area contributed by atoms with Crippen LogP contribution < -0.4 is 10.6 Å². The molecule has 4 nitrogen and oxygen atoms in total. The van der Waals surface area contributed by atoms with Crippen molar-refractivity contribution in [3.63, 3.8) is 0 Å². The highest BCUT2D eigenvalue weighted by atomic mass is 16.2. The van der Waals surface area contributed by atoms with E-state index < -0.39 is 0 Å². The molecule has 1 aromatic carbocycles. The van der Waals surface area contributed by atoms with Gasteiger partial charge < -0.3 is 15.5 Å². The third-order valence-electron chi connectivity index (χ3n) is 4.71. The Morgan fingerprint density at radius 2 is 2.00 bits per heavy atom. The normalized spacial score (nSPS) is 26.8. The molecule has 0 saturated carbocycles. The van der Waals surface area contributed by atoms with Gasteiger partial charge in [-0.1, -0.05) is 18.2 Å². The summed E-state index contributed by atoms with van der Waals surface area (Å²) in [4.78, 5) is 15.0. The van der Waals surface area contributed by atoms with Crippen molar-refractivity contribution in [1.29, 1.82) is 0 Å². The highest BCUT2D eigenvalue weighted by Gasteiger charge is 2.31. The summed E-state index contributed by atoms with van der Waals surface area (Å²) in [5.74, 6) is 0.183. The number of para-hydroxylation sites is 1. The number of anilines is 1. The van der Waals surface area contributed by atoms with E-state index in [1.807, 2.05) is 12.1 Å². The Balaban J connectivity index is 1.70. The van der Waals surface area contributed by atoms with Crippen LogP contribution >= 0.6 is 0 Å². The van der Waals surface area contributed by atoms with Gasteiger partial charge in [0.25, 0.3) is 0 Å². The van der Waals surface area contributed by atoms with Crippen LogP contribution in [0.1, 0.15) is 37.7 Å². The average Bonchev–Trinajstić information content (AvgIpc) is 2.48. The lowest BCUT2D eigenvalue weighted by molar-refractivity contribution is -0.123. The molecule has 3 rings (SSSR count). The molecule has 4 heteroatoms. The summed E-state index contributed by atoms with van der Waals surface area (Å²) in [5.41, 5.74) is 2.25. The van der Waals surface area contributed by atoms with E-state index in [9.17, 15) is 4.79 Å². The first-order valence-electron chi connectivity index (χ1n) is 7.98. The summed E-state index contributed by atoms with van der Waals surface area (Å²) < 4.78 is 0. The summed E-state index contributed by atoms with van der Waals surface area (Å²) in [7, 11) is 2.14. The molecule has 2 aliphatic rings. The Labute approximate surface area is 126 Å². The fourth-order valence-corrected chi connectivity index (χ4v) is 3.44. The van der Waals surface area contributed by atoms with Gasteiger partial charge in [-0.25, -0.2) is 0 Å². The van der Waals surface area contributed by atoms with Gasteiger partial charge in [0.15, 0.2) is 0 Å². The van der Waals surface area contributed by atoms with Gasteiger partial charge in [-0.05, 0) is 58.0 Å². The van der Waals surface area contributed by atoms with E-state index >= 15 is 0 Å². The van der Waals surface area contributed by atoms with Crippen molar-refractivity contribution in [2.24, 2.45) is 0 Å². The fourth-order valence-electron chi connectivity index (χ4n) is 3.44. The number of carbonyl (C=O) groups excluding carboxylic acids is 1. The molecule has 0 bridgehead atoms. The smallest absolute Gasteiger partial charge is 0.227 e. The molecule has 1 amide bonds. The number of piperidine rings is 1. The van der Waals surface area contributed by atoms with E-state index in [2.05, 4.69) is 41.6 Å². The van der Waals surface area contributed by atoms with E-state index in [1.54, 1.807) is 0 Å². The average molecular weight is 287 g/mol. The number of nitrogens with zero attached hydrogens (tertiary/aromatic N) is 1. The number of fused-ring (bicyclic) bond motifs is 1. The molecule has 114 valence electrons. The number of rotatable bonds is 2. The molecular weight excluding hydrogens is 262 g/mol. The van der Waals surface area contributed by atoms with Gasteiger partial charge in [0, 0.05) is 17.8 Å². The van der Waals surface area contributed by atoms with E-state index in [4.69, 9.17) is 0 Å². The maximum absolute atomic E-state index is 12.7. The lowest BCUT2D eigenvalue weighted by Gasteiger charge is -2.34. The number of nitrogens with one attached hydrogen (secondary N) is 2. The highest BCUT2D eigenvalue weighted by molar-refractivity contribution is 5.86. The van der Waals surface area contributed by atoms with Crippen molar-refractivity contribution in [1.82, 2.24) is 10.2 Å². The van der Waals surface area contributed by atoms with Gasteiger partial charge in [-0.15, -0.1) is 0 Å². The van der Waals surface area contributed by atoms with Gasteiger partial charge in [0.2, 0.25) is 5.91 Å². The number of hydrogen-bond acceptors (Lipinski definition) is 3. The highest BCUT2D eigenvalue weighted by Crippen LogP contribution is 2.34. The number of hydrogen-bond donors (Lipinski definition) is 2. The number of likely N-dealkylation sites (tertiary alicyclic amines) is 1. The van der Waals surface area contributed by atoms with Gasteiger partial charge in [0.05, 0.1) is 5.92 Å². The first kappa shape index (κ1) is 14.4. The predicted octanol–water partition coefficient (Wildman–Crippen LogP) is 2.18. The minimum absolute atomic E-state index is 0.0166. The Bertz CT molecular complexity index is 509. The van der Waals surface area contributed by atoms with Crippen molar-refractivity contribution >= 4 is 11.6 Å². The lowest BCUT2D eigenvalue weighted by atomic mass is 9.86. The molecule has 1 saturated heterocycles. The second-order valence-electron chi connectivity index (χ2n) is 6.51.